The summed E-state index contributed by atoms with van der Waals surface area (Å²) in [5.41, 5.74) is 2.90. The van der Waals surface area contributed by atoms with Crippen molar-refractivity contribution in [3.63, 3.8) is 0 Å². The molecule has 4 rings (SSSR count). The normalized spacial score (nSPS) is 17.1. The Labute approximate surface area is 203 Å². The predicted molar refractivity (Wildman–Crippen MR) is 137 cm³/mol. The summed E-state index contributed by atoms with van der Waals surface area (Å²) in [5.74, 6) is 1.90. The minimum atomic E-state index is 0. The van der Waals surface area contributed by atoms with E-state index in [-0.39, 0.29) is 24.0 Å². The largest absolute Gasteiger partial charge is 0.357 e. The molecule has 0 saturated carbocycles. The molecule has 0 amide bonds. The fraction of sp³-hybridized carbons (Fsp3) is 0.522. The lowest BCUT2D eigenvalue weighted by atomic mass is 10.0. The van der Waals surface area contributed by atoms with Crippen LogP contribution in [0, 0.1) is 0 Å². The summed E-state index contributed by atoms with van der Waals surface area (Å²) in [4.78, 5) is 20.9. The van der Waals surface area contributed by atoms with E-state index in [2.05, 4.69) is 61.2 Å². The highest BCUT2D eigenvalue weighted by molar-refractivity contribution is 14.0. The van der Waals surface area contributed by atoms with Crippen LogP contribution in [0.2, 0.25) is 0 Å². The average Bonchev–Trinajstić information content (AvgIpc) is 2.82. The van der Waals surface area contributed by atoms with E-state index in [9.17, 15) is 0 Å². The third-order valence-corrected chi connectivity index (χ3v) is 5.87. The highest BCUT2D eigenvalue weighted by Gasteiger charge is 2.20. The number of guanidine groups is 1. The molecule has 0 unspecified atom stereocenters. The number of nitrogens with one attached hydrogen (secondary N) is 1. The van der Waals surface area contributed by atoms with Gasteiger partial charge in [-0.15, -0.1) is 24.0 Å². The van der Waals surface area contributed by atoms with Crippen LogP contribution in [-0.2, 0) is 13.0 Å². The highest BCUT2D eigenvalue weighted by atomic mass is 127. The Kier molecular flexibility index (Phi) is 9.32. The maximum atomic E-state index is 4.93. The van der Waals surface area contributed by atoms with Gasteiger partial charge in [0.25, 0.3) is 0 Å². The van der Waals surface area contributed by atoms with E-state index in [4.69, 9.17) is 4.99 Å². The summed E-state index contributed by atoms with van der Waals surface area (Å²) in [5, 5.41) is 3.49. The molecule has 1 aromatic heterocycles. The summed E-state index contributed by atoms with van der Waals surface area (Å²) in [6.07, 6.45) is 5.81. The van der Waals surface area contributed by atoms with Gasteiger partial charge < -0.3 is 15.1 Å². The molecule has 0 aliphatic carbocycles. The van der Waals surface area contributed by atoms with E-state index in [0.29, 0.717) is 0 Å². The number of aliphatic imine (C=N–C) groups is 1. The topological polar surface area (TPSA) is 59.9 Å². The van der Waals surface area contributed by atoms with Gasteiger partial charge in [-0.2, -0.15) is 0 Å². The first kappa shape index (κ1) is 23.7. The lowest BCUT2D eigenvalue weighted by Gasteiger charge is -2.34. The van der Waals surface area contributed by atoms with Gasteiger partial charge in [-0.25, -0.2) is 9.97 Å². The van der Waals surface area contributed by atoms with Gasteiger partial charge in [-0.3, -0.25) is 9.89 Å². The summed E-state index contributed by atoms with van der Waals surface area (Å²) in [7, 11) is 0. The zero-order valence-corrected chi connectivity index (χ0v) is 20.7. The first-order chi connectivity index (χ1) is 14.8. The maximum absolute atomic E-state index is 4.93. The van der Waals surface area contributed by atoms with Crippen molar-refractivity contribution in [3.8, 4) is 0 Å². The van der Waals surface area contributed by atoms with Crippen LogP contribution in [0.5, 0.6) is 0 Å². The number of rotatable bonds is 6. The molecule has 3 heterocycles. The molecule has 0 spiro atoms. The second kappa shape index (κ2) is 12.2. The Morgan fingerprint density at radius 1 is 1.00 bits per heavy atom. The van der Waals surface area contributed by atoms with Crippen LogP contribution >= 0.6 is 24.0 Å². The lowest BCUT2D eigenvalue weighted by molar-refractivity contribution is 0.255. The molecule has 0 atom stereocenters. The average molecular weight is 535 g/mol. The van der Waals surface area contributed by atoms with Gasteiger partial charge in [-0.1, -0.05) is 24.3 Å². The quantitative estimate of drug-likeness (QED) is 0.266. The molecule has 2 aliphatic heterocycles. The third-order valence-electron chi connectivity index (χ3n) is 5.87. The molecule has 0 bridgehead atoms. The number of hydrogen-bond acceptors (Lipinski definition) is 5. The van der Waals surface area contributed by atoms with E-state index in [1.807, 2.05) is 18.5 Å². The van der Waals surface area contributed by atoms with Crippen molar-refractivity contribution in [3.05, 3.63) is 53.9 Å². The lowest BCUT2D eigenvalue weighted by Crippen LogP contribution is -2.47. The molecule has 7 nitrogen and oxygen atoms in total. The fourth-order valence-electron chi connectivity index (χ4n) is 4.21. The Bertz CT molecular complexity index is 822. The number of anilines is 1. The molecule has 8 heteroatoms. The summed E-state index contributed by atoms with van der Waals surface area (Å²) >= 11 is 0. The smallest absolute Gasteiger partial charge is 0.225 e. The first-order valence-corrected chi connectivity index (χ1v) is 11.2. The molecule has 2 aliphatic rings. The van der Waals surface area contributed by atoms with Crippen LogP contribution in [0.15, 0.2) is 47.7 Å². The Morgan fingerprint density at radius 2 is 1.74 bits per heavy atom. The van der Waals surface area contributed by atoms with E-state index in [1.54, 1.807) is 0 Å². The zero-order valence-electron chi connectivity index (χ0n) is 18.4. The monoisotopic (exact) mass is 535 g/mol. The molecule has 0 radical (unpaired) electrons. The van der Waals surface area contributed by atoms with Gasteiger partial charge in [0.05, 0.1) is 0 Å². The van der Waals surface area contributed by atoms with Crippen LogP contribution in [0.25, 0.3) is 0 Å². The molecule has 1 aromatic carbocycles. The molecule has 1 N–H and O–H groups in total. The van der Waals surface area contributed by atoms with Crippen LogP contribution in [0.4, 0.5) is 5.95 Å². The predicted octanol–water partition coefficient (Wildman–Crippen LogP) is 2.63. The Morgan fingerprint density at radius 3 is 2.48 bits per heavy atom. The third kappa shape index (κ3) is 6.52. The van der Waals surface area contributed by atoms with Gasteiger partial charge in [0.1, 0.15) is 0 Å². The van der Waals surface area contributed by atoms with Crippen molar-refractivity contribution in [2.75, 3.05) is 57.3 Å². The van der Waals surface area contributed by atoms with Crippen molar-refractivity contribution >= 4 is 35.9 Å². The van der Waals surface area contributed by atoms with Gasteiger partial charge in [-0.05, 0) is 37.0 Å². The number of piperazine rings is 1. The van der Waals surface area contributed by atoms with Crippen molar-refractivity contribution in [1.29, 1.82) is 0 Å². The Hall–Kier alpha value is -1.94. The standard InChI is InChI=1S/C23H33N7.HI/c1-2-24-22(30-14-9-20-7-3-4-8-21(20)19-30)27-12-6-13-28-15-17-29(18-16-28)23-25-10-5-11-26-23;/h3-5,7-8,10-11H,2,6,9,12-19H2,1H3,(H,24,27);1H. The number of nitrogens with zero attached hydrogens (tertiary/aromatic N) is 6. The minimum absolute atomic E-state index is 0. The first-order valence-electron chi connectivity index (χ1n) is 11.2. The van der Waals surface area contributed by atoms with Crippen molar-refractivity contribution in [2.24, 2.45) is 4.99 Å². The van der Waals surface area contributed by atoms with E-state index >= 15 is 0 Å². The zero-order chi connectivity index (χ0) is 20.6. The van der Waals surface area contributed by atoms with Crippen molar-refractivity contribution < 1.29 is 0 Å². The van der Waals surface area contributed by atoms with Gasteiger partial charge in [0.2, 0.25) is 5.95 Å². The molecule has 1 fully saturated rings. The van der Waals surface area contributed by atoms with E-state index in [0.717, 1.165) is 83.7 Å². The minimum Gasteiger partial charge on any atom is -0.357 e. The van der Waals surface area contributed by atoms with Crippen molar-refractivity contribution in [2.45, 2.75) is 26.3 Å². The van der Waals surface area contributed by atoms with Crippen LogP contribution in [0.1, 0.15) is 24.5 Å². The highest BCUT2D eigenvalue weighted by Crippen LogP contribution is 2.18. The second-order valence-electron chi connectivity index (χ2n) is 7.91. The molecule has 31 heavy (non-hydrogen) atoms. The number of halogens is 1. The van der Waals surface area contributed by atoms with Crippen LogP contribution in [0.3, 0.4) is 0 Å². The van der Waals surface area contributed by atoms with E-state index in [1.165, 1.54) is 11.1 Å². The summed E-state index contributed by atoms with van der Waals surface area (Å²) in [6.45, 7) is 11.1. The van der Waals surface area contributed by atoms with Crippen LogP contribution in [-0.4, -0.2) is 78.1 Å². The van der Waals surface area contributed by atoms with Gasteiger partial charge in [0, 0.05) is 71.3 Å². The number of benzene rings is 1. The number of fused-ring (bicyclic) bond motifs is 1. The molecule has 1 saturated heterocycles. The Balaban J connectivity index is 0.00000272. The summed E-state index contributed by atoms with van der Waals surface area (Å²) in [6, 6.07) is 10.6. The molecular weight excluding hydrogens is 501 g/mol. The molecule has 168 valence electrons. The second-order valence-corrected chi connectivity index (χ2v) is 7.91. The van der Waals surface area contributed by atoms with Crippen LogP contribution < -0.4 is 10.2 Å². The van der Waals surface area contributed by atoms with Gasteiger partial charge >= 0.3 is 0 Å². The number of hydrogen-bond donors (Lipinski definition) is 1. The molecule has 2 aromatic rings. The maximum Gasteiger partial charge on any atom is 0.225 e. The molecular formula is C23H34IN7. The summed E-state index contributed by atoms with van der Waals surface area (Å²) < 4.78 is 0. The SMILES string of the molecule is CCNC(=NCCCN1CCN(c2ncccn2)CC1)N1CCc2ccccc2C1.I. The van der Waals surface area contributed by atoms with E-state index < -0.39 is 0 Å². The number of aromatic nitrogens is 2. The van der Waals surface area contributed by atoms with Crippen molar-refractivity contribution in [1.82, 2.24) is 25.1 Å². The fourth-order valence-corrected chi connectivity index (χ4v) is 4.21. The van der Waals surface area contributed by atoms with Gasteiger partial charge in [0.15, 0.2) is 5.96 Å².